The highest BCUT2D eigenvalue weighted by Gasteiger charge is 2.34. The summed E-state index contributed by atoms with van der Waals surface area (Å²) in [6, 6.07) is 6.60. The molecule has 2 aliphatic heterocycles. The number of thioether (sulfide) groups is 1. The number of nitrogens with one attached hydrogen (secondary N) is 1. The van der Waals surface area contributed by atoms with E-state index in [4.69, 9.17) is 9.47 Å². The van der Waals surface area contributed by atoms with Crippen molar-refractivity contribution in [1.82, 2.24) is 10.2 Å². The second kappa shape index (κ2) is 9.94. The van der Waals surface area contributed by atoms with Gasteiger partial charge in [0, 0.05) is 38.1 Å². The third kappa shape index (κ3) is 5.39. The third-order valence-corrected chi connectivity index (χ3v) is 6.89. The Labute approximate surface area is 172 Å². The lowest BCUT2D eigenvalue weighted by atomic mass is 9.99. The van der Waals surface area contributed by atoms with Crippen LogP contribution in [0.3, 0.4) is 0 Å². The van der Waals surface area contributed by atoms with Crippen molar-refractivity contribution in [2.75, 3.05) is 45.6 Å². The van der Waals surface area contributed by atoms with Crippen molar-refractivity contribution >= 4 is 17.7 Å². The summed E-state index contributed by atoms with van der Waals surface area (Å²) in [7, 11) is 1.83. The Morgan fingerprint density at radius 2 is 2.00 bits per heavy atom. The van der Waals surface area contributed by atoms with Gasteiger partial charge in [-0.05, 0) is 43.2 Å². The molecule has 2 fully saturated rings. The molecule has 2 saturated heterocycles. The van der Waals surface area contributed by atoms with E-state index in [0.29, 0.717) is 6.54 Å². The van der Waals surface area contributed by atoms with Gasteiger partial charge in [0.1, 0.15) is 11.9 Å². The van der Waals surface area contributed by atoms with E-state index >= 15 is 0 Å². The fraction of sp³-hybridized carbons (Fsp3) is 0.667. The summed E-state index contributed by atoms with van der Waals surface area (Å²) in [5.74, 6) is 1.78. The van der Waals surface area contributed by atoms with Crippen molar-refractivity contribution in [1.29, 1.82) is 0 Å². The van der Waals surface area contributed by atoms with Crippen LogP contribution in [-0.4, -0.2) is 67.4 Å². The van der Waals surface area contributed by atoms with Crippen LogP contribution in [0.2, 0.25) is 0 Å². The third-order valence-electron chi connectivity index (χ3n) is 5.44. The Morgan fingerprint density at radius 1 is 1.29 bits per heavy atom. The smallest absolute Gasteiger partial charge is 0.193 e. The molecule has 28 heavy (non-hydrogen) atoms. The zero-order chi connectivity index (χ0) is 20.0. The number of hydrogen-bond donors (Lipinski definition) is 1. The van der Waals surface area contributed by atoms with Crippen molar-refractivity contribution in [3.63, 3.8) is 0 Å². The quantitative estimate of drug-likeness (QED) is 0.596. The van der Waals surface area contributed by atoms with Crippen LogP contribution >= 0.6 is 11.8 Å². The fourth-order valence-electron chi connectivity index (χ4n) is 3.98. The van der Waals surface area contributed by atoms with Crippen molar-refractivity contribution in [2.24, 2.45) is 4.99 Å². The highest BCUT2D eigenvalue weighted by molar-refractivity contribution is 8.00. The standard InChI is InChI=1S/C21H32FN3O2S/c1-4-28-21(9-11-26-12-10-21)15-24-20(23-3)25-13-16(2)27-19(14-25)17-5-7-18(22)8-6-17/h5-8,16,19H,4,9-15H2,1-3H3,(H,23,24). The molecule has 7 heteroatoms. The maximum atomic E-state index is 13.3. The number of benzene rings is 1. The maximum absolute atomic E-state index is 13.3. The monoisotopic (exact) mass is 409 g/mol. The lowest BCUT2D eigenvalue weighted by Gasteiger charge is -2.41. The Kier molecular flexibility index (Phi) is 7.60. The zero-order valence-electron chi connectivity index (χ0n) is 17.1. The molecule has 0 radical (unpaired) electrons. The molecule has 0 saturated carbocycles. The SMILES string of the molecule is CCSC1(CNC(=NC)N2CC(C)OC(c3ccc(F)cc3)C2)CCOCC1. The normalized spacial score (nSPS) is 25.6. The molecule has 2 aliphatic rings. The average Bonchev–Trinajstić information content (AvgIpc) is 2.69. The summed E-state index contributed by atoms with van der Waals surface area (Å²) >= 11 is 2.02. The molecule has 0 aromatic heterocycles. The summed E-state index contributed by atoms with van der Waals surface area (Å²) in [6.45, 7) is 8.31. The molecule has 2 heterocycles. The maximum Gasteiger partial charge on any atom is 0.193 e. The van der Waals surface area contributed by atoms with E-state index < -0.39 is 0 Å². The van der Waals surface area contributed by atoms with Crippen LogP contribution in [0.4, 0.5) is 4.39 Å². The van der Waals surface area contributed by atoms with E-state index in [-0.39, 0.29) is 22.8 Å². The summed E-state index contributed by atoms with van der Waals surface area (Å²) in [6.07, 6.45) is 2.11. The lowest BCUT2D eigenvalue weighted by Crippen LogP contribution is -2.53. The van der Waals surface area contributed by atoms with E-state index in [0.717, 1.165) is 56.4 Å². The van der Waals surface area contributed by atoms with E-state index in [1.807, 2.05) is 18.8 Å². The van der Waals surface area contributed by atoms with Crippen LogP contribution in [0.15, 0.2) is 29.3 Å². The fourth-order valence-corrected chi connectivity index (χ4v) is 5.22. The van der Waals surface area contributed by atoms with E-state index in [1.54, 1.807) is 12.1 Å². The first-order valence-corrected chi connectivity index (χ1v) is 11.1. The number of hydrogen-bond acceptors (Lipinski definition) is 4. The molecule has 1 aromatic carbocycles. The molecule has 1 aromatic rings. The minimum absolute atomic E-state index is 0.0735. The number of guanidine groups is 1. The van der Waals surface area contributed by atoms with Crippen LogP contribution in [0, 0.1) is 5.82 Å². The zero-order valence-corrected chi connectivity index (χ0v) is 17.9. The first-order valence-electron chi connectivity index (χ1n) is 10.1. The van der Waals surface area contributed by atoms with Gasteiger partial charge < -0.3 is 19.7 Å². The van der Waals surface area contributed by atoms with Gasteiger partial charge in [-0.25, -0.2) is 4.39 Å². The highest BCUT2D eigenvalue weighted by atomic mass is 32.2. The Morgan fingerprint density at radius 3 is 2.64 bits per heavy atom. The highest BCUT2D eigenvalue weighted by Crippen LogP contribution is 2.35. The lowest BCUT2D eigenvalue weighted by molar-refractivity contribution is -0.0605. The number of morpholine rings is 1. The molecular weight excluding hydrogens is 377 g/mol. The summed E-state index contributed by atoms with van der Waals surface area (Å²) in [5.41, 5.74) is 0.996. The van der Waals surface area contributed by atoms with Gasteiger partial charge in [0.2, 0.25) is 0 Å². The summed E-state index contributed by atoms with van der Waals surface area (Å²) < 4.78 is 25.2. The van der Waals surface area contributed by atoms with Crippen molar-refractivity contribution < 1.29 is 13.9 Å². The molecule has 2 unspecified atom stereocenters. The molecule has 2 atom stereocenters. The second-order valence-corrected chi connectivity index (χ2v) is 9.25. The Bertz CT molecular complexity index is 644. The Hall–Kier alpha value is -1.31. The number of nitrogens with zero attached hydrogens (tertiary/aromatic N) is 2. The van der Waals surface area contributed by atoms with Gasteiger partial charge in [0.15, 0.2) is 5.96 Å². The summed E-state index contributed by atoms with van der Waals surface area (Å²) in [4.78, 5) is 6.80. The first-order chi connectivity index (χ1) is 13.5. The molecule has 0 amide bonds. The number of ether oxygens (including phenoxy) is 2. The average molecular weight is 410 g/mol. The van der Waals surface area contributed by atoms with Crippen LogP contribution in [-0.2, 0) is 9.47 Å². The van der Waals surface area contributed by atoms with E-state index in [2.05, 4.69) is 29.1 Å². The van der Waals surface area contributed by atoms with Gasteiger partial charge in [-0.2, -0.15) is 11.8 Å². The minimum atomic E-state index is -0.225. The largest absolute Gasteiger partial charge is 0.381 e. The van der Waals surface area contributed by atoms with Gasteiger partial charge in [-0.1, -0.05) is 19.1 Å². The number of aliphatic imine (C=N–C) groups is 1. The summed E-state index contributed by atoms with van der Waals surface area (Å²) in [5, 5.41) is 3.62. The van der Waals surface area contributed by atoms with E-state index in [1.165, 1.54) is 12.1 Å². The van der Waals surface area contributed by atoms with Crippen molar-refractivity contribution in [3.05, 3.63) is 35.6 Å². The molecule has 1 N–H and O–H groups in total. The van der Waals surface area contributed by atoms with Crippen LogP contribution in [0.1, 0.15) is 38.4 Å². The Balaban J connectivity index is 1.66. The predicted octanol–water partition coefficient (Wildman–Crippen LogP) is 3.47. The van der Waals surface area contributed by atoms with Crippen molar-refractivity contribution in [2.45, 2.75) is 43.6 Å². The molecule has 3 rings (SSSR count). The molecular formula is C21H32FN3O2S. The van der Waals surface area contributed by atoms with Crippen LogP contribution < -0.4 is 5.32 Å². The molecule has 0 aliphatic carbocycles. The number of halogens is 1. The van der Waals surface area contributed by atoms with Crippen molar-refractivity contribution in [3.8, 4) is 0 Å². The molecule has 0 spiro atoms. The molecule has 5 nitrogen and oxygen atoms in total. The van der Waals surface area contributed by atoms with Gasteiger partial charge >= 0.3 is 0 Å². The van der Waals surface area contributed by atoms with Crippen LogP contribution in [0.25, 0.3) is 0 Å². The minimum Gasteiger partial charge on any atom is -0.381 e. The molecule has 156 valence electrons. The first kappa shape index (κ1) is 21.4. The molecule has 0 bridgehead atoms. The number of rotatable bonds is 5. The van der Waals surface area contributed by atoms with Gasteiger partial charge in [-0.15, -0.1) is 0 Å². The topological polar surface area (TPSA) is 46.1 Å². The van der Waals surface area contributed by atoms with Gasteiger partial charge in [-0.3, -0.25) is 4.99 Å². The van der Waals surface area contributed by atoms with Gasteiger partial charge in [0.25, 0.3) is 0 Å². The van der Waals surface area contributed by atoms with E-state index in [9.17, 15) is 4.39 Å². The second-order valence-electron chi connectivity index (χ2n) is 7.52. The van der Waals surface area contributed by atoms with Crippen LogP contribution in [0.5, 0.6) is 0 Å². The van der Waals surface area contributed by atoms with Gasteiger partial charge in [0.05, 0.1) is 12.6 Å². The predicted molar refractivity (Wildman–Crippen MR) is 114 cm³/mol.